The number of hydrogen-bond acceptors (Lipinski definition) is 4. The molecule has 0 radical (unpaired) electrons. The third-order valence-corrected chi connectivity index (χ3v) is 5.76. The lowest BCUT2D eigenvalue weighted by molar-refractivity contribution is 0.0686. The SMILES string of the molecule is Cn1ccnc1C(=O)N1CCCC(c2nn(C)c(=O)n2C2CCCC2)C1. The summed E-state index contributed by atoms with van der Waals surface area (Å²) in [7, 11) is 3.55. The van der Waals surface area contributed by atoms with E-state index in [1.807, 2.05) is 16.5 Å². The molecule has 2 fully saturated rings. The van der Waals surface area contributed by atoms with Crippen LogP contribution in [0.4, 0.5) is 0 Å². The van der Waals surface area contributed by atoms with Gasteiger partial charge < -0.3 is 9.47 Å². The Morgan fingerprint density at radius 3 is 2.62 bits per heavy atom. The van der Waals surface area contributed by atoms with Crippen LogP contribution >= 0.6 is 0 Å². The van der Waals surface area contributed by atoms with Crippen LogP contribution in [0.25, 0.3) is 0 Å². The maximum absolute atomic E-state index is 12.8. The molecule has 1 amide bonds. The Balaban J connectivity index is 1.61. The van der Waals surface area contributed by atoms with Gasteiger partial charge in [-0.15, -0.1) is 0 Å². The fourth-order valence-corrected chi connectivity index (χ4v) is 4.37. The van der Waals surface area contributed by atoms with Crippen LogP contribution in [0.1, 0.15) is 66.9 Å². The molecule has 140 valence electrons. The average molecular weight is 358 g/mol. The Labute approximate surface area is 152 Å². The largest absolute Gasteiger partial charge is 0.345 e. The van der Waals surface area contributed by atoms with Gasteiger partial charge in [-0.2, -0.15) is 5.10 Å². The van der Waals surface area contributed by atoms with Gasteiger partial charge in [0.1, 0.15) is 5.82 Å². The number of carbonyl (C=O) groups excluding carboxylic acids is 1. The highest BCUT2D eigenvalue weighted by molar-refractivity contribution is 5.90. The topological polar surface area (TPSA) is 78.0 Å². The summed E-state index contributed by atoms with van der Waals surface area (Å²) in [4.78, 5) is 31.5. The third-order valence-electron chi connectivity index (χ3n) is 5.76. The number of hydrogen-bond donors (Lipinski definition) is 0. The van der Waals surface area contributed by atoms with E-state index < -0.39 is 0 Å². The lowest BCUT2D eigenvalue weighted by Gasteiger charge is -2.32. The van der Waals surface area contributed by atoms with E-state index in [4.69, 9.17) is 0 Å². The van der Waals surface area contributed by atoms with E-state index in [0.29, 0.717) is 12.4 Å². The van der Waals surface area contributed by atoms with Crippen LogP contribution in [0, 0.1) is 0 Å². The first-order chi connectivity index (χ1) is 12.6. The second-order valence-electron chi connectivity index (χ2n) is 7.52. The molecule has 4 rings (SSSR count). The summed E-state index contributed by atoms with van der Waals surface area (Å²) in [5.74, 6) is 1.36. The van der Waals surface area contributed by atoms with Crippen molar-refractivity contribution < 1.29 is 4.79 Å². The van der Waals surface area contributed by atoms with Crippen LogP contribution < -0.4 is 5.69 Å². The molecule has 0 spiro atoms. The van der Waals surface area contributed by atoms with E-state index in [1.165, 1.54) is 17.5 Å². The van der Waals surface area contributed by atoms with Crippen molar-refractivity contribution in [1.82, 2.24) is 28.8 Å². The molecule has 1 atom stereocenters. The summed E-state index contributed by atoms with van der Waals surface area (Å²) in [6.45, 7) is 1.32. The van der Waals surface area contributed by atoms with Crippen molar-refractivity contribution in [3.63, 3.8) is 0 Å². The van der Waals surface area contributed by atoms with Crippen molar-refractivity contribution >= 4 is 5.91 Å². The zero-order valence-electron chi connectivity index (χ0n) is 15.5. The van der Waals surface area contributed by atoms with Gasteiger partial charge in [0.25, 0.3) is 5.91 Å². The van der Waals surface area contributed by atoms with Gasteiger partial charge in [-0.3, -0.25) is 9.36 Å². The minimum atomic E-state index is -0.0482. The van der Waals surface area contributed by atoms with Gasteiger partial charge in [0.15, 0.2) is 5.82 Å². The van der Waals surface area contributed by atoms with Gasteiger partial charge in [-0.25, -0.2) is 14.5 Å². The van der Waals surface area contributed by atoms with Gasteiger partial charge in [-0.1, -0.05) is 12.8 Å². The molecule has 3 heterocycles. The van der Waals surface area contributed by atoms with Crippen LogP contribution in [0.2, 0.25) is 0 Å². The molecule has 1 aliphatic heterocycles. The normalized spacial score (nSPS) is 21.5. The zero-order chi connectivity index (χ0) is 18.3. The van der Waals surface area contributed by atoms with E-state index in [9.17, 15) is 9.59 Å². The Hall–Kier alpha value is -2.38. The smallest absolute Gasteiger partial charge is 0.335 e. The quantitative estimate of drug-likeness (QED) is 0.832. The number of amides is 1. The molecular weight excluding hydrogens is 332 g/mol. The number of likely N-dealkylation sites (tertiary alicyclic amines) is 1. The van der Waals surface area contributed by atoms with Gasteiger partial charge in [0, 0.05) is 51.5 Å². The summed E-state index contributed by atoms with van der Waals surface area (Å²) < 4.78 is 5.11. The molecule has 1 unspecified atom stereocenters. The van der Waals surface area contributed by atoms with E-state index >= 15 is 0 Å². The second kappa shape index (κ2) is 6.74. The van der Waals surface area contributed by atoms with Crippen molar-refractivity contribution in [2.24, 2.45) is 14.1 Å². The first-order valence-corrected chi connectivity index (χ1v) is 9.48. The van der Waals surface area contributed by atoms with E-state index in [-0.39, 0.29) is 23.6 Å². The van der Waals surface area contributed by atoms with Gasteiger partial charge in [0.2, 0.25) is 0 Å². The molecule has 1 saturated heterocycles. The number of piperidine rings is 1. The number of aryl methyl sites for hydroxylation is 2. The molecule has 2 aromatic rings. The summed E-state index contributed by atoms with van der Waals surface area (Å²) in [5, 5.41) is 4.56. The number of nitrogens with zero attached hydrogens (tertiary/aromatic N) is 6. The summed E-state index contributed by atoms with van der Waals surface area (Å²) in [6, 6.07) is 0.256. The fourth-order valence-electron chi connectivity index (χ4n) is 4.37. The van der Waals surface area contributed by atoms with Crippen molar-refractivity contribution in [2.45, 2.75) is 50.5 Å². The summed E-state index contributed by atoms with van der Waals surface area (Å²) >= 11 is 0. The first-order valence-electron chi connectivity index (χ1n) is 9.48. The summed E-state index contributed by atoms with van der Waals surface area (Å²) in [5.41, 5.74) is -0.0283. The molecule has 0 aromatic carbocycles. The Morgan fingerprint density at radius 2 is 1.92 bits per heavy atom. The molecular formula is C18H26N6O2. The zero-order valence-corrected chi connectivity index (χ0v) is 15.5. The van der Waals surface area contributed by atoms with Crippen molar-refractivity contribution in [3.05, 3.63) is 34.5 Å². The van der Waals surface area contributed by atoms with Gasteiger partial charge in [-0.05, 0) is 25.7 Å². The minimum absolute atomic E-state index is 0.0283. The lowest BCUT2D eigenvalue weighted by Crippen LogP contribution is -2.41. The number of rotatable bonds is 3. The monoisotopic (exact) mass is 358 g/mol. The Morgan fingerprint density at radius 1 is 1.15 bits per heavy atom. The molecule has 2 aliphatic rings. The van der Waals surface area contributed by atoms with Crippen LogP contribution in [0.15, 0.2) is 17.2 Å². The highest BCUT2D eigenvalue weighted by atomic mass is 16.2. The Bertz CT molecular complexity index is 857. The van der Waals surface area contributed by atoms with Crippen LogP contribution in [-0.4, -0.2) is 47.8 Å². The predicted octanol–water partition coefficient (Wildman–Crippen LogP) is 1.45. The molecule has 1 aliphatic carbocycles. The van der Waals surface area contributed by atoms with Crippen LogP contribution in [0.3, 0.4) is 0 Å². The highest BCUT2D eigenvalue weighted by Crippen LogP contribution is 2.33. The van der Waals surface area contributed by atoms with E-state index in [1.54, 1.807) is 24.0 Å². The number of imidazole rings is 1. The number of aromatic nitrogens is 5. The molecule has 1 saturated carbocycles. The first kappa shape index (κ1) is 17.1. The van der Waals surface area contributed by atoms with Crippen molar-refractivity contribution in [3.8, 4) is 0 Å². The molecule has 8 heteroatoms. The average Bonchev–Trinajstić information content (AvgIpc) is 3.37. The lowest BCUT2D eigenvalue weighted by atomic mass is 9.96. The highest BCUT2D eigenvalue weighted by Gasteiger charge is 2.33. The minimum Gasteiger partial charge on any atom is -0.335 e. The van der Waals surface area contributed by atoms with Gasteiger partial charge >= 0.3 is 5.69 Å². The molecule has 2 aromatic heterocycles. The number of carbonyl (C=O) groups is 1. The predicted molar refractivity (Wildman–Crippen MR) is 96.1 cm³/mol. The Kier molecular flexibility index (Phi) is 4.42. The van der Waals surface area contributed by atoms with Crippen molar-refractivity contribution in [2.75, 3.05) is 13.1 Å². The fraction of sp³-hybridized carbons (Fsp3) is 0.667. The second-order valence-corrected chi connectivity index (χ2v) is 7.52. The van der Waals surface area contributed by atoms with E-state index in [2.05, 4.69) is 10.1 Å². The third kappa shape index (κ3) is 2.87. The molecule has 8 nitrogen and oxygen atoms in total. The molecule has 26 heavy (non-hydrogen) atoms. The van der Waals surface area contributed by atoms with Crippen LogP contribution in [0.5, 0.6) is 0 Å². The van der Waals surface area contributed by atoms with Crippen molar-refractivity contribution in [1.29, 1.82) is 0 Å². The maximum Gasteiger partial charge on any atom is 0.345 e. The standard InChI is InChI=1S/C18H26N6O2/c1-21-11-9-19-16(21)17(25)23-10-5-6-13(12-23)15-20-22(2)18(26)24(15)14-7-3-4-8-14/h9,11,13-14H,3-8,10,12H2,1-2H3. The maximum atomic E-state index is 12.8. The van der Waals surface area contributed by atoms with Gasteiger partial charge in [0.05, 0.1) is 0 Å². The molecule has 0 N–H and O–H groups in total. The molecule has 0 bridgehead atoms. The van der Waals surface area contributed by atoms with E-state index in [0.717, 1.165) is 38.1 Å². The van der Waals surface area contributed by atoms with Crippen LogP contribution in [-0.2, 0) is 14.1 Å². The summed E-state index contributed by atoms with van der Waals surface area (Å²) in [6.07, 6.45) is 9.71.